The molecule has 1 N–H and O–H groups in total. The van der Waals surface area contributed by atoms with Crippen LogP contribution in [0.2, 0.25) is 5.02 Å². The van der Waals surface area contributed by atoms with Crippen LogP contribution in [-0.4, -0.2) is 67.5 Å². The number of aromatic hydroxyl groups is 1. The molecule has 1 aromatic heterocycles. The summed E-state index contributed by atoms with van der Waals surface area (Å²) in [6.07, 6.45) is -3.45. The van der Waals surface area contributed by atoms with Gasteiger partial charge in [-0.05, 0) is 49.1 Å². The van der Waals surface area contributed by atoms with Gasteiger partial charge < -0.3 is 5.11 Å². The van der Waals surface area contributed by atoms with E-state index in [0.717, 1.165) is 16.0 Å². The molecule has 0 spiro atoms. The van der Waals surface area contributed by atoms with Gasteiger partial charge in [-0.3, -0.25) is 29.1 Å². The lowest BCUT2D eigenvalue weighted by Gasteiger charge is -2.50. The minimum absolute atomic E-state index is 0.000656. The number of aromatic nitrogens is 1. The van der Waals surface area contributed by atoms with Gasteiger partial charge in [-0.15, -0.1) is 23.2 Å². The number of benzene rings is 1. The van der Waals surface area contributed by atoms with E-state index in [1.807, 2.05) is 0 Å². The van der Waals surface area contributed by atoms with E-state index in [1.165, 1.54) is 26.2 Å². The van der Waals surface area contributed by atoms with E-state index in [9.17, 15) is 37.5 Å². The number of anilines is 1. The third kappa shape index (κ3) is 4.08. The Kier molecular flexibility index (Phi) is 7.12. The summed E-state index contributed by atoms with van der Waals surface area (Å²) in [4.78, 5) is 55.2. The molecule has 44 heavy (non-hydrogen) atoms. The number of hydrogen-bond acceptors (Lipinski definition) is 7. The van der Waals surface area contributed by atoms with Crippen LogP contribution >= 0.6 is 50.7 Å². The number of phenolic OH excluding ortho intramolecular Hbond substituents is 1. The smallest absolute Gasteiger partial charge is 0.433 e. The molecule has 0 bridgehead atoms. The number of likely N-dealkylation sites (tertiary alicyclic amines) is 1. The van der Waals surface area contributed by atoms with E-state index in [2.05, 4.69) is 20.9 Å². The highest BCUT2D eigenvalue weighted by Gasteiger charge is 2.76. The van der Waals surface area contributed by atoms with E-state index >= 15 is 0 Å². The van der Waals surface area contributed by atoms with Gasteiger partial charge in [-0.2, -0.15) is 18.2 Å². The Hall–Kier alpha value is -2.87. The molecule has 2 saturated heterocycles. The zero-order valence-corrected chi connectivity index (χ0v) is 26.6. The molecule has 0 unspecified atom stereocenters. The molecule has 0 radical (unpaired) electrons. The lowest BCUT2D eigenvalue weighted by atomic mass is 9.56. The highest BCUT2D eigenvalue weighted by Crippen LogP contribution is 2.66. The number of carbonyl (C=O) groups excluding carboxylic acids is 4. The Morgan fingerprint density at radius 3 is 2.41 bits per heavy atom. The fourth-order valence-electron chi connectivity index (χ4n) is 7.04. The van der Waals surface area contributed by atoms with Gasteiger partial charge in [0, 0.05) is 30.0 Å². The predicted molar refractivity (Wildman–Crippen MR) is 156 cm³/mol. The topological polar surface area (TPSA) is 111 Å². The van der Waals surface area contributed by atoms with Crippen LogP contribution in [0.3, 0.4) is 0 Å². The largest absolute Gasteiger partial charge is 0.508 e. The molecule has 3 heterocycles. The summed E-state index contributed by atoms with van der Waals surface area (Å²) in [5.74, 6) is -8.00. The highest BCUT2D eigenvalue weighted by atomic mass is 79.9. The van der Waals surface area contributed by atoms with Gasteiger partial charge in [0.2, 0.25) is 0 Å². The molecule has 3 fully saturated rings. The molecule has 2 aromatic rings. The average molecular weight is 737 g/mol. The second kappa shape index (κ2) is 10.1. The summed E-state index contributed by atoms with van der Waals surface area (Å²) in [6, 6.07) is 6.12. The number of halogens is 7. The van der Waals surface area contributed by atoms with Crippen molar-refractivity contribution < 1.29 is 37.5 Å². The van der Waals surface area contributed by atoms with E-state index in [4.69, 9.17) is 34.8 Å². The second-order valence-corrected chi connectivity index (χ2v) is 13.8. The molecule has 232 valence electrons. The SMILES string of the molecule is CN1C(=O)[C@]2(Cl)C[C@@H]3C(=CC[C@@H]4C(=O)N(N(C)c5nc(C(F)(F)F)ccc5Cl)C(=O)[C@@H]43)[C@H](c3cc(Br)ccc3O)[C@]2(Cl)C1=O. The zero-order chi connectivity index (χ0) is 32.3. The number of imide groups is 2. The summed E-state index contributed by atoms with van der Waals surface area (Å²) in [5, 5.41) is 12.3. The number of allylic oxidation sites excluding steroid dienone is 2. The Balaban J connectivity index is 1.47. The molecule has 9 nitrogen and oxygen atoms in total. The minimum Gasteiger partial charge on any atom is -0.508 e. The molecular formula is C28H21BrCl3F3N4O5. The van der Waals surface area contributed by atoms with Crippen LogP contribution < -0.4 is 5.01 Å². The van der Waals surface area contributed by atoms with Crippen LogP contribution in [-0.2, 0) is 25.4 Å². The number of pyridine rings is 1. The first-order valence-corrected chi connectivity index (χ1v) is 15.1. The summed E-state index contributed by atoms with van der Waals surface area (Å²) >= 11 is 23.7. The van der Waals surface area contributed by atoms with Crippen molar-refractivity contribution in [3.63, 3.8) is 0 Å². The number of hydrogen-bond donors (Lipinski definition) is 1. The number of carbonyl (C=O) groups is 4. The van der Waals surface area contributed by atoms with Crippen molar-refractivity contribution in [1.82, 2.24) is 14.9 Å². The van der Waals surface area contributed by atoms with Gasteiger partial charge in [-0.25, -0.2) is 4.98 Å². The van der Waals surface area contributed by atoms with Crippen LogP contribution in [0.5, 0.6) is 5.75 Å². The van der Waals surface area contributed by atoms with E-state index in [1.54, 1.807) is 12.1 Å². The first kappa shape index (κ1) is 31.1. The van der Waals surface area contributed by atoms with Gasteiger partial charge in [-0.1, -0.05) is 39.2 Å². The number of rotatable bonds is 3. The molecule has 1 aromatic carbocycles. The van der Waals surface area contributed by atoms with E-state index in [0.29, 0.717) is 21.1 Å². The Morgan fingerprint density at radius 1 is 1.07 bits per heavy atom. The Bertz CT molecular complexity index is 1710. The fraction of sp³-hybridized carbons (Fsp3) is 0.393. The van der Waals surface area contributed by atoms with E-state index < -0.39 is 74.7 Å². The third-order valence-electron chi connectivity index (χ3n) is 9.02. The molecule has 4 amide bonds. The van der Waals surface area contributed by atoms with Crippen molar-refractivity contribution in [2.75, 3.05) is 19.1 Å². The minimum atomic E-state index is -4.82. The fourth-order valence-corrected chi connectivity index (χ4v) is 8.65. The number of fused-ring (bicyclic) bond motifs is 4. The average Bonchev–Trinajstić information content (AvgIpc) is 3.28. The molecule has 16 heteroatoms. The summed E-state index contributed by atoms with van der Waals surface area (Å²) in [6.45, 7) is 0. The zero-order valence-electron chi connectivity index (χ0n) is 22.7. The Labute approximate surface area is 271 Å². The lowest BCUT2D eigenvalue weighted by molar-refractivity contribution is -0.141. The number of phenols is 1. The lowest BCUT2D eigenvalue weighted by Crippen LogP contribution is -2.60. The molecule has 1 saturated carbocycles. The summed E-state index contributed by atoms with van der Waals surface area (Å²) in [7, 11) is 2.43. The number of hydrazine groups is 1. The van der Waals surface area contributed by atoms with Gasteiger partial charge >= 0.3 is 6.18 Å². The van der Waals surface area contributed by atoms with Crippen molar-refractivity contribution in [3.05, 3.63) is 62.7 Å². The van der Waals surface area contributed by atoms with E-state index in [-0.39, 0.29) is 29.2 Å². The standard InChI is InChI=1S/C28H21BrCl3F3N4O5/c1-37-24(43)26(31)10-15-12(20(27(26,32)25(37)44)14-9-11(29)3-7-17(14)40)4-5-13-19(15)23(42)39(22(13)41)38(2)21-16(30)6-8-18(36-21)28(33,34)35/h3-4,6-9,13,15,19-20,40H,5,10H2,1-2H3/t13-,15+,19-,20+,26+,27-/m0/s1. The van der Waals surface area contributed by atoms with Gasteiger partial charge in [0.05, 0.1) is 16.9 Å². The normalized spacial score (nSPS) is 31.6. The highest BCUT2D eigenvalue weighted by molar-refractivity contribution is 9.10. The molecule has 6 rings (SSSR count). The molecule has 6 atom stereocenters. The van der Waals surface area contributed by atoms with Crippen LogP contribution in [0.25, 0.3) is 0 Å². The summed E-state index contributed by atoms with van der Waals surface area (Å²) in [5.41, 5.74) is -0.663. The molecule has 2 aliphatic carbocycles. The van der Waals surface area contributed by atoms with Crippen LogP contribution in [0.4, 0.5) is 19.0 Å². The van der Waals surface area contributed by atoms with Gasteiger partial charge in [0.15, 0.2) is 15.6 Å². The maximum atomic E-state index is 14.1. The van der Waals surface area contributed by atoms with Crippen LogP contribution in [0, 0.1) is 17.8 Å². The molecular weight excluding hydrogens is 716 g/mol. The quantitative estimate of drug-likeness (QED) is 0.260. The number of amides is 4. The Morgan fingerprint density at radius 2 is 1.75 bits per heavy atom. The van der Waals surface area contributed by atoms with Crippen molar-refractivity contribution in [3.8, 4) is 5.75 Å². The monoisotopic (exact) mass is 734 g/mol. The van der Waals surface area contributed by atoms with Crippen molar-refractivity contribution in [2.24, 2.45) is 17.8 Å². The van der Waals surface area contributed by atoms with Crippen LogP contribution in [0.15, 0.2) is 46.5 Å². The van der Waals surface area contributed by atoms with Crippen LogP contribution in [0.1, 0.15) is 30.0 Å². The molecule has 2 aliphatic heterocycles. The third-order valence-corrected chi connectivity index (χ3v) is 11.2. The van der Waals surface area contributed by atoms with Gasteiger partial charge in [0.25, 0.3) is 23.6 Å². The van der Waals surface area contributed by atoms with Gasteiger partial charge in [0.1, 0.15) is 11.4 Å². The van der Waals surface area contributed by atoms with Crippen molar-refractivity contribution >= 4 is 80.2 Å². The number of nitrogens with zero attached hydrogens (tertiary/aromatic N) is 4. The maximum Gasteiger partial charge on any atom is 0.433 e. The first-order valence-electron chi connectivity index (χ1n) is 13.2. The second-order valence-electron chi connectivity index (χ2n) is 11.2. The number of alkyl halides is 5. The first-order chi connectivity index (χ1) is 20.4. The van der Waals surface area contributed by atoms with Crippen molar-refractivity contribution in [1.29, 1.82) is 0 Å². The summed E-state index contributed by atoms with van der Waals surface area (Å²) < 4.78 is 40.8. The maximum absolute atomic E-state index is 14.1. The predicted octanol–water partition coefficient (Wildman–Crippen LogP) is 5.26. The van der Waals surface area contributed by atoms with Crippen molar-refractivity contribution in [2.45, 2.75) is 34.7 Å². The molecule has 4 aliphatic rings.